The van der Waals surface area contributed by atoms with Gasteiger partial charge in [-0.2, -0.15) is 0 Å². The normalized spacial score (nSPS) is 16.9. The molecular weight excluding hydrogens is 463 g/mol. The van der Waals surface area contributed by atoms with Crippen LogP contribution < -0.4 is 19.6 Å². The number of halogens is 1. The van der Waals surface area contributed by atoms with Crippen molar-refractivity contribution in [1.82, 2.24) is 4.57 Å². The van der Waals surface area contributed by atoms with Crippen molar-refractivity contribution < 1.29 is 14.2 Å². The predicted octanol–water partition coefficient (Wildman–Crippen LogP) is 4.17. The monoisotopic (exact) mass is 484 g/mol. The van der Waals surface area contributed by atoms with Crippen molar-refractivity contribution in [3.05, 3.63) is 120 Å². The number of hydrogen-bond acceptors (Lipinski definition) is 5. The Bertz CT molecular complexity index is 1700. The second-order valence-electron chi connectivity index (χ2n) is 8.57. The molecule has 3 aromatic carbocycles. The highest BCUT2D eigenvalue weighted by Crippen LogP contribution is 2.41. The quantitative estimate of drug-likeness (QED) is 0.475. The van der Waals surface area contributed by atoms with Gasteiger partial charge in [-0.3, -0.25) is 9.36 Å². The van der Waals surface area contributed by atoms with Gasteiger partial charge in [0.2, 0.25) is 0 Å². The van der Waals surface area contributed by atoms with Gasteiger partial charge in [-0.15, -0.1) is 0 Å². The van der Waals surface area contributed by atoms with E-state index in [0.717, 1.165) is 29.7 Å². The van der Waals surface area contributed by atoms with Crippen LogP contribution in [-0.2, 0) is 6.42 Å². The molecule has 1 aromatic heterocycles. The van der Waals surface area contributed by atoms with Crippen LogP contribution in [-0.4, -0.2) is 16.8 Å². The smallest absolute Gasteiger partial charge is 0.271 e. The Labute approximate surface area is 204 Å². The first kappa shape index (κ1) is 21.6. The summed E-state index contributed by atoms with van der Waals surface area (Å²) in [6, 6.07) is 19.3. The Morgan fingerprint density at radius 1 is 1.11 bits per heavy atom. The molecule has 1 atom stereocenters. The Balaban J connectivity index is 1.63. The number of fused-ring (bicyclic) bond motifs is 3. The molecule has 0 saturated heterocycles. The fourth-order valence-electron chi connectivity index (χ4n) is 4.96. The molecule has 7 heteroatoms. The zero-order chi connectivity index (χ0) is 24.1. The molecule has 2 aliphatic rings. The Morgan fingerprint density at radius 2 is 1.94 bits per heavy atom. The molecule has 0 amide bonds. The Kier molecular flexibility index (Phi) is 5.15. The van der Waals surface area contributed by atoms with Gasteiger partial charge in [0.15, 0.2) is 16.3 Å². The maximum Gasteiger partial charge on any atom is 0.271 e. The summed E-state index contributed by atoms with van der Waals surface area (Å²) < 4.78 is 21.6. The summed E-state index contributed by atoms with van der Waals surface area (Å²) in [5.74, 6) is -0.0479. The molecule has 1 aliphatic carbocycles. The van der Waals surface area contributed by atoms with Crippen molar-refractivity contribution in [2.24, 2.45) is 4.99 Å². The number of benzene rings is 3. The van der Waals surface area contributed by atoms with Gasteiger partial charge in [-0.1, -0.05) is 59.9 Å². The summed E-state index contributed by atoms with van der Waals surface area (Å²) in [6.45, 7) is 0. The third kappa shape index (κ3) is 3.51. The Morgan fingerprint density at radius 3 is 2.77 bits per heavy atom. The largest absolute Gasteiger partial charge is 0.504 e. The molecule has 6 rings (SSSR count). The third-order valence-electron chi connectivity index (χ3n) is 6.57. The lowest BCUT2D eigenvalue weighted by Gasteiger charge is -2.30. The van der Waals surface area contributed by atoms with Gasteiger partial charge in [0.05, 0.1) is 23.4 Å². The van der Waals surface area contributed by atoms with Crippen LogP contribution in [0.4, 0.5) is 4.39 Å². The molecular formula is C28H21FN2O3S. The van der Waals surface area contributed by atoms with E-state index in [0.29, 0.717) is 26.2 Å². The van der Waals surface area contributed by atoms with E-state index < -0.39 is 6.04 Å². The summed E-state index contributed by atoms with van der Waals surface area (Å²) in [7, 11) is 1.48. The molecule has 174 valence electrons. The Hall–Kier alpha value is -3.97. The number of hydrogen-bond donors (Lipinski definition) is 1. The number of aromatic hydroxyl groups is 1. The van der Waals surface area contributed by atoms with E-state index in [1.165, 1.54) is 36.1 Å². The molecule has 5 nitrogen and oxygen atoms in total. The van der Waals surface area contributed by atoms with Crippen molar-refractivity contribution in [3.63, 3.8) is 0 Å². The summed E-state index contributed by atoms with van der Waals surface area (Å²) in [6.07, 6.45) is 3.22. The summed E-state index contributed by atoms with van der Waals surface area (Å²) in [5, 5.41) is 10.5. The summed E-state index contributed by atoms with van der Waals surface area (Å²) in [4.78, 5) is 19.2. The number of methoxy groups -OCH3 is 1. The highest BCUT2D eigenvalue weighted by molar-refractivity contribution is 7.07. The third-order valence-corrected chi connectivity index (χ3v) is 7.56. The number of aryl methyl sites for hydroxylation is 1. The van der Waals surface area contributed by atoms with Crippen LogP contribution in [0.1, 0.15) is 34.7 Å². The number of allylic oxidation sites excluding steroid dienone is 1. The van der Waals surface area contributed by atoms with E-state index in [9.17, 15) is 14.3 Å². The standard InChI is InChI=1S/C28H21FN2O3S/c1-34-22-11-5-8-18(26(22)32)15-23-27(33)31-25(17-7-4-9-19(29)14-17)21-13-12-16-6-2-3-10-20(16)24(21)30-28(31)35-23/h2-11,14-15,25,32H,12-13H2,1H3/b23-15-/t25-/m0/s1. The number of thiazole rings is 1. The van der Waals surface area contributed by atoms with Crippen LogP contribution in [0.15, 0.2) is 82.1 Å². The number of nitrogens with zero attached hydrogens (tertiary/aromatic N) is 2. The topological polar surface area (TPSA) is 63.8 Å². The molecule has 2 heterocycles. The van der Waals surface area contributed by atoms with Gasteiger partial charge in [-0.25, -0.2) is 9.38 Å². The summed E-state index contributed by atoms with van der Waals surface area (Å²) >= 11 is 1.26. The first-order valence-corrected chi connectivity index (χ1v) is 12.1. The molecule has 0 fully saturated rings. The summed E-state index contributed by atoms with van der Waals surface area (Å²) in [5.41, 5.74) is 5.10. The van der Waals surface area contributed by atoms with Gasteiger partial charge >= 0.3 is 0 Å². The minimum absolute atomic E-state index is 0.0317. The number of phenols is 1. The zero-order valence-corrected chi connectivity index (χ0v) is 19.7. The number of rotatable bonds is 3. The van der Waals surface area contributed by atoms with Crippen molar-refractivity contribution in [2.45, 2.75) is 18.9 Å². The van der Waals surface area contributed by atoms with Crippen molar-refractivity contribution in [1.29, 1.82) is 0 Å². The molecule has 0 bridgehead atoms. The molecule has 4 aromatic rings. The minimum atomic E-state index is -0.452. The highest BCUT2D eigenvalue weighted by Gasteiger charge is 2.32. The van der Waals surface area contributed by atoms with Crippen LogP contribution in [0.3, 0.4) is 0 Å². The fourth-order valence-corrected chi connectivity index (χ4v) is 5.95. The second-order valence-corrected chi connectivity index (χ2v) is 9.58. The van der Waals surface area contributed by atoms with Crippen molar-refractivity contribution in [2.75, 3.05) is 7.11 Å². The van der Waals surface area contributed by atoms with E-state index in [1.54, 1.807) is 34.9 Å². The van der Waals surface area contributed by atoms with Gasteiger partial charge in [-0.05, 0) is 53.8 Å². The van der Waals surface area contributed by atoms with Crippen LogP contribution in [0.2, 0.25) is 0 Å². The first-order chi connectivity index (χ1) is 17.0. The van der Waals surface area contributed by atoms with E-state index in [2.05, 4.69) is 12.1 Å². The lowest BCUT2D eigenvalue weighted by Crippen LogP contribution is -2.38. The zero-order valence-electron chi connectivity index (χ0n) is 18.9. The molecule has 0 spiro atoms. The maximum atomic E-state index is 14.3. The maximum absolute atomic E-state index is 14.3. The van der Waals surface area contributed by atoms with Crippen LogP contribution >= 0.6 is 11.3 Å². The van der Waals surface area contributed by atoms with Crippen molar-refractivity contribution in [3.8, 4) is 11.5 Å². The van der Waals surface area contributed by atoms with Crippen LogP contribution in [0.5, 0.6) is 11.5 Å². The van der Waals surface area contributed by atoms with Gasteiger partial charge in [0.25, 0.3) is 5.56 Å². The van der Waals surface area contributed by atoms with Gasteiger partial charge < -0.3 is 9.84 Å². The lowest BCUT2D eigenvalue weighted by atomic mass is 9.83. The van der Waals surface area contributed by atoms with Crippen molar-refractivity contribution >= 4 is 23.1 Å². The molecule has 0 radical (unpaired) electrons. The molecule has 0 unspecified atom stereocenters. The van der Waals surface area contributed by atoms with Crippen LogP contribution in [0.25, 0.3) is 11.8 Å². The fraction of sp³-hybridized carbons (Fsp3) is 0.143. The van der Waals surface area contributed by atoms with E-state index >= 15 is 0 Å². The number of phenolic OH excluding ortho intramolecular Hbond substituents is 1. The van der Waals surface area contributed by atoms with Gasteiger partial charge in [0.1, 0.15) is 5.82 Å². The lowest BCUT2D eigenvalue weighted by molar-refractivity contribution is 0.373. The average molecular weight is 485 g/mol. The number of aromatic nitrogens is 1. The SMILES string of the molecule is COc1cccc(/C=c2\sc3n(c2=O)[C@@H](c2cccc(F)c2)C2=C(N=3)c3ccccc3CC2)c1O. The molecule has 1 N–H and O–H groups in total. The molecule has 35 heavy (non-hydrogen) atoms. The molecule has 1 aliphatic heterocycles. The van der Waals surface area contributed by atoms with Gasteiger partial charge in [0, 0.05) is 11.1 Å². The van der Waals surface area contributed by atoms with E-state index in [-0.39, 0.29) is 17.1 Å². The molecule has 0 saturated carbocycles. The highest BCUT2D eigenvalue weighted by atomic mass is 32.1. The van der Waals surface area contributed by atoms with E-state index in [1.807, 2.05) is 18.2 Å². The number of para-hydroxylation sites is 1. The first-order valence-electron chi connectivity index (χ1n) is 11.3. The van der Waals surface area contributed by atoms with Crippen LogP contribution in [0, 0.1) is 5.82 Å². The van der Waals surface area contributed by atoms with E-state index in [4.69, 9.17) is 9.73 Å². The number of ether oxygens (including phenoxy) is 1. The second kappa shape index (κ2) is 8.36. The minimum Gasteiger partial charge on any atom is -0.504 e. The predicted molar refractivity (Wildman–Crippen MR) is 134 cm³/mol. The average Bonchev–Trinajstić information content (AvgIpc) is 3.18.